The summed E-state index contributed by atoms with van der Waals surface area (Å²) in [5.74, 6) is -0.290. The summed E-state index contributed by atoms with van der Waals surface area (Å²) in [6.07, 6.45) is 1.30. The molecule has 19 heavy (non-hydrogen) atoms. The van der Waals surface area contributed by atoms with Crippen LogP contribution in [0.5, 0.6) is 0 Å². The standard InChI is InChI=1S/C14H18N2O3/c1-2-15-13(17)10-5-3-6-11(9-10)16-14(18)12-7-4-8-19-12/h3,5-6,9,12H,2,4,7-8H2,1H3,(H,15,17)(H,16,18)/t12-/m0/s1. The van der Waals surface area contributed by atoms with Crippen molar-refractivity contribution in [1.82, 2.24) is 5.32 Å². The van der Waals surface area contributed by atoms with Gasteiger partial charge in [-0.1, -0.05) is 6.07 Å². The molecule has 0 spiro atoms. The van der Waals surface area contributed by atoms with Gasteiger partial charge in [-0.2, -0.15) is 0 Å². The quantitative estimate of drug-likeness (QED) is 0.865. The van der Waals surface area contributed by atoms with Gasteiger partial charge < -0.3 is 15.4 Å². The molecule has 0 unspecified atom stereocenters. The van der Waals surface area contributed by atoms with Crippen molar-refractivity contribution in [2.24, 2.45) is 0 Å². The van der Waals surface area contributed by atoms with E-state index >= 15 is 0 Å². The Bertz CT molecular complexity index is 468. The van der Waals surface area contributed by atoms with E-state index in [9.17, 15) is 9.59 Å². The van der Waals surface area contributed by atoms with Crippen LogP contribution in [0, 0.1) is 0 Å². The van der Waals surface area contributed by atoms with Gasteiger partial charge in [-0.3, -0.25) is 9.59 Å². The zero-order chi connectivity index (χ0) is 13.7. The van der Waals surface area contributed by atoms with Gasteiger partial charge in [0.25, 0.3) is 11.8 Å². The molecule has 0 saturated carbocycles. The van der Waals surface area contributed by atoms with Crippen LogP contribution >= 0.6 is 0 Å². The first-order chi connectivity index (χ1) is 9.20. The molecule has 102 valence electrons. The second kappa shape index (κ2) is 6.33. The average Bonchev–Trinajstić information content (AvgIpc) is 2.93. The Balaban J connectivity index is 2.02. The van der Waals surface area contributed by atoms with E-state index in [-0.39, 0.29) is 17.9 Å². The molecule has 5 nitrogen and oxygen atoms in total. The lowest BCUT2D eigenvalue weighted by Gasteiger charge is -2.11. The highest BCUT2D eigenvalue weighted by molar-refractivity contribution is 5.98. The number of carbonyl (C=O) groups excluding carboxylic acids is 2. The van der Waals surface area contributed by atoms with Gasteiger partial charge in [0.05, 0.1) is 0 Å². The predicted octanol–water partition coefficient (Wildman–Crippen LogP) is 1.55. The third kappa shape index (κ3) is 3.54. The van der Waals surface area contributed by atoms with E-state index in [0.29, 0.717) is 24.4 Å². The van der Waals surface area contributed by atoms with E-state index in [2.05, 4.69) is 10.6 Å². The lowest BCUT2D eigenvalue weighted by molar-refractivity contribution is -0.124. The number of nitrogens with one attached hydrogen (secondary N) is 2. The van der Waals surface area contributed by atoms with Crippen LogP contribution in [0.25, 0.3) is 0 Å². The van der Waals surface area contributed by atoms with Gasteiger partial charge >= 0.3 is 0 Å². The molecule has 1 aliphatic heterocycles. The second-order valence-electron chi connectivity index (χ2n) is 4.43. The molecular formula is C14H18N2O3. The Labute approximate surface area is 112 Å². The van der Waals surface area contributed by atoms with Crippen LogP contribution in [-0.4, -0.2) is 31.1 Å². The maximum Gasteiger partial charge on any atom is 0.253 e. The molecular weight excluding hydrogens is 244 g/mol. The van der Waals surface area contributed by atoms with Crippen LogP contribution in [0.3, 0.4) is 0 Å². The van der Waals surface area contributed by atoms with Crippen molar-refractivity contribution in [3.05, 3.63) is 29.8 Å². The number of benzene rings is 1. The van der Waals surface area contributed by atoms with Crippen LogP contribution in [0.4, 0.5) is 5.69 Å². The van der Waals surface area contributed by atoms with Crippen molar-refractivity contribution in [2.75, 3.05) is 18.5 Å². The maximum atomic E-state index is 11.9. The Hall–Kier alpha value is -1.88. The number of carbonyl (C=O) groups is 2. The average molecular weight is 262 g/mol. The van der Waals surface area contributed by atoms with E-state index in [4.69, 9.17) is 4.74 Å². The monoisotopic (exact) mass is 262 g/mol. The topological polar surface area (TPSA) is 67.4 Å². The molecule has 1 aromatic rings. The van der Waals surface area contributed by atoms with Crippen molar-refractivity contribution < 1.29 is 14.3 Å². The fourth-order valence-corrected chi connectivity index (χ4v) is 2.01. The molecule has 0 aliphatic carbocycles. The zero-order valence-electron chi connectivity index (χ0n) is 10.9. The normalized spacial score (nSPS) is 18.1. The van der Waals surface area contributed by atoms with Gasteiger partial charge in [-0.15, -0.1) is 0 Å². The summed E-state index contributed by atoms with van der Waals surface area (Å²) in [6, 6.07) is 6.88. The Morgan fingerprint density at radius 2 is 2.26 bits per heavy atom. The first kappa shape index (κ1) is 13.5. The van der Waals surface area contributed by atoms with Crippen LogP contribution in [-0.2, 0) is 9.53 Å². The number of anilines is 1. The summed E-state index contributed by atoms with van der Waals surface area (Å²) >= 11 is 0. The molecule has 2 rings (SSSR count). The van der Waals surface area contributed by atoms with Gasteiger partial charge in [0.2, 0.25) is 0 Å². The van der Waals surface area contributed by atoms with Crippen molar-refractivity contribution >= 4 is 17.5 Å². The lowest BCUT2D eigenvalue weighted by atomic mass is 10.1. The zero-order valence-corrected chi connectivity index (χ0v) is 10.9. The van der Waals surface area contributed by atoms with Gasteiger partial charge in [0.15, 0.2) is 0 Å². The lowest BCUT2D eigenvalue weighted by Crippen LogP contribution is -2.27. The number of ether oxygens (including phenoxy) is 1. The molecule has 1 aromatic carbocycles. The Morgan fingerprint density at radius 3 is 2.95 bits per heavy atom. The minimum absolute atomic E-state index is 0.143. The minimum Gasteiger partial charge on any atom is -0.368 e. The number of rotatable bonds is 4. The Morgan fingerprint density at radius 1 is 1.42 bits per heavy atom. The van der Waals surface area contributed by atoms with E-state index in [1.165, 1.54) is 0 Å². The molecule has 0 bridgehead atoms. The summed E-state index contributed by atoms with van der Waals surface area (Å²) in [5.41, 5.74) is 1.15. The van der Waals surface area contributed by atoms with Crippen molar-refractivity contribution in [1.29, 1.82) is 0 Å². The predicted molar refractivity (Wildman–Crippen MR) is 72.1 cm³/mol. The maximum absolute atomic E-state index is 11.9. The first-order valence-corrected chi connectivity index (χ1v) is 6.51. The highest BCUT2D eigenvalue weighted by Crippen LogP contribution is 2.16. The van der Waals surface area contributed by atoms with Crippen molar-refractivity contribution in [3.63, 3.8) is 0 Å². The molecule has 2 N–H and O–H groups in total. The molecule has 1 atom stereocenters. The molecule has 1 fully saturated rings. The Kier molecular flexibility index (Phi) is 4.52. The van der Waals surface area contributed by atoms with E-state index in [1.54, 1.807) is 24.3 Å². The third-order valence-electron chi connectivity index (χ3n) is 2.95. The third-order valence-corrected chi connectivity index (χ3v) is 2.95. The molecule has 1 aliphatic rings. The molecule has 5 heteroatoms. The van der Waals surface area contributed by atoms with Crippen LogP contribution in [0.15, 0.2) is 24.3 Å². The summed E-state index contributed by atoms with van der Waals surface area (Å²) in [6.45, 7) is 3.07. The van der Waals surface area contributed by atoms with Crippen LogP contribution < -0.4 is 10.6 Å². The number of hydrogen-bond acceptors (Lipinski definition) is 3. The van der Waals surface area contributed by atoms with Gasteiger partial charge in [0.1, 0.15) is 6.10 Å². The summed E-state index contributed by atoms with van der Waals surface area (Å²) in [4.78, 5) is 23.6. The molecule has 0 aromatic heterocycles. The molecule has 1 heterocycles. The second-order valence-corrected chi connectivity index (χ2v) is 4.43. The van der Waals surface area contributed by atoms with E-state index in [0.717, 1.165) is 12.8 Å². The van der Waals surface area contributed by atoms with Crippen LogP contribution in [0.2, 0.25) is 0 Å². The van der Waals surface area contributed by atoms with E-state index < -0.39 is 0 Å². The molecule has 1 saturated heterocycles. The number of hydrogen-bond donors (Lipinski definition) is 2. The summed E-state index contributed by atoms with van der Waals surface area (Å²) in [5, 5.41) is 5.50. The van der Waals surface area contributed by atoms with Gasteiger partial charge in [-0.25, -0.2) is 0 Å². The highest BCUT2D eigenvalue weighted by Gasteiger charge is 2.23. The van der Waals surface area contributed by atoms with Gasteiger partial charge in [-0.05, 0) is 38.0 Å². The van der Waals surface area contributed by atoms with Crippen molar-refractivity contribution in [3.8, 4) is 0 Å². The smallest absolute Gasteiger partial charge is 0.253 e. The summed E-state index contributed by atoms with van der Waals surface area (Å²) < 4.78 is 5.31. The first-order valence-electron chi connectivity index (χ1n) is 6.51. The van der Waals surface area contributed by atoms with Gasteiger partial charge in [0, 0.05) is 24.4 Å². The summed E-state index contributed by atoms with van der Waals surface area (Å²) in [7, 11) is 0. The fourth-order valence-electron chi connectivity index (χ4n) is 2.01. The SMILES string of the molecule is CCNC(=O)c1cccc(NC(=O)[C@@H]2CCCO2)c1. The van der Waals surface area contributed by atoms with E-state index in [1.807, 2.05) is 6.92 Å². The highest BCUT2D eigenvalue weighted by atomic mass is 16.5. The molecule has 2 amide bonds. The fraction of sp³-hybridized carbons (Fsp3) is 0.429. The minimum atomic E-state index is -0.367. The van der Waals surface area contributed by atoms with Crippen molar-refractivity contribution in [2.45, 2.75) is 25.9 Å². The molecule has 0 radical (unpaired) electrons. The largest absolute Gasteiger partial charge is 0.368 e. The van der Waals surface area contributed by atoms with Crippen LogP contribution in [0.1, 0.15) is 30.1 Å². The number of amides is 2.